The Bertz CT molecular complexity index is 1770. The summed E-state index contributed by atoms with van der Waals surface area (Å²) in [4.78, 5) is 51.6. The lowest BCUT2D eigenvalue weighted by atomic mass is 10.1. The van der Waals surface area contributed by atoms with E-state index in [2.05, 4.69) is 20.8 Å². The van der Waals surface area contributed by atoms with Gasteiger partial charge in [-0.3, -0.25) is 14.2 Å². The van der Waals surface area contributed by atoms with Crippen LogP contribution in [0.15, 0.2) is 47.6 Å². The number of para-hydroxylation sites is 2. The third-order valence-electron chi connectivity index (χ3n) is 6.88. The Hall–Kier alpha value is -4.69. The number of carbonyl (C=O) groups is 4. The van der Waals surface area contributed by atoms with Crippen LogP contribution in [0.1, 0.15) is 66.7 Å². The highest BCUT2D eigenvalue weighted by Crippen LogP contribution is 2.35. The first-order valence-electron chi connectivity index (χ1n) is 14.4. The molecule has 0 unspecified atom stereocenters. The zero-order chi connectivity index (χ0) is 33.4. The molecule has 12 nitrogen and oxygen atoms in total. The number of hydrogen-bond acceptors (Lipinski definition) is 11. The molecule has 4 rings (SSSR count). The number of thioether (sulfide) groups is 1. The Morgan fingerprint density at radius 3 is 2.35 bits per heavy atom. The van der Waals surface area contributed by atoms with E-state index in [-0.39, 0.29) is 46.9 Å². The number of hydrogen-bond donors (Lipinski definition) is 2. The van der Waals surface area contributed by atoms with E-state index < -0.39 is 17.8 Å². The molecule has 0 atom stereocenters. The number of amides is 2. The van der Waals surface area contributed by atoms with Gasteiger partial charge >= 0.3 is 11.9 Å². The second-order valence-electron chi connectivity index (χ2n) is 9.93. The number of nitrogens with zero attached hydrogens (tertiary/aromatic N) is 3. The molecule has 0 spiro atoms. The SMILES string of the molecule is CCOC(=O)c1sc(NC(=O)CSc2nnc(CNC(=O)c3ccc(C)c(C)c3)n2-c2ccccc2OC)c(C(=O)OCC)c1C. The highest BCUT2D eigenvalue weighted by molar-refractivity contribution is 7.99. The van der Waals surface area contributed by atoms with Crippen molar-refractivity contribution in [3.05, 3.63) is 81.0 Å². The van der Waals surface area contributed by atoms with Gasteiger partial charge in [-0.25, -0.2) is 9.59 Å². The number of esters is 2. The van der Waals surface area contributed by atoms with E-state index in [9.17, 15) is 19.2 Å². The van der Waals surface area contributed by atoms with Crippen LogP contribution < -0.4 is 15.4 Å². The third kappa shape index (κ3) is 7.74. The fourth-order valence-electron chi connectivity index (χ4n) is 4.44. The van der Waals surface area contributed by atoms with E-state index in [0.717, 1.165) is 34.2 Å². The molecule has 4 aromatic rings. The molecule has 2 aromatic heterocycles. The zero-order valence-electron chi connectivity index (χ0n) is 26.4. The average molecular weight is 666 g/mol. The van der Waals surface area contributed by atoms with Crippen molar-refractivity contribution in [1.29, 1.82) is 0 Å². The van der Waals surface area contributed by atoms with Gasteiger partial charge < -0.3 is 24.8 Å². The zero-order valence-corrected chi connectivity index (χ0v) is 28.0. The summed E-state index contributed by atoms with van der Waals surface area (Å²) in [7, 11) is 1.54. The maximum atomic E-state index is 13.2. The Morgan fingerprint density at radius 1 is 0.935 bits per heavy atom. The number of benzene rings is 2. The van der Waals surface area contributed by atoms with Gasteiger partial charge in [0.1, 0.15) is 15.6 Å². The van der Waals surface area contributed by atoms with Crippen molar-refractivity contribution in [3.8, 4) is 11.4 Å². The summed E-state index contributed by atoms with van der Waals surface area (Å²) in [6.07, 6.45) is 0. The highest BCUT2D eigenvalue weighted by atomic mass is 32.2. The van der Waals surface area contributed by atoms with E-state index in [1.165, 1.54) is 0 Å². The second kappa shape index (κ2) is 15.5. The number of aryl methyl sites for hydroxylation is 2. The molecule has 0 aliphatic carbocycles. The quantitative estimate of drug-likeness (QED) is 0.143. The number of rotatable bonds is 13. The summed E-state index contributed by atoms with van der Waals surface area (Å²) in [5.74, 6) is -1.12. The number of thiophene rings is 1. The molecule has 0 fully saturated rings. The maximum Gasteiger partial charge on any atom is 0.348 e. The summed E-state index contributed by atoms with van der Waals surface area (Å²) in [5, 5.41) is 14.8. The lowest BCUT2D eigenvalue weighted by molar-refractivity contribution is -0.113. The van der Waals surface area contributed by atoms with Crippen molar-refractivity contribution >= 4 is 51.9 Å². The summed E-state index contributed by atoms with van der Waals surface area (Å²) in [5.41, 5.74) is 3.70. The molecule has 0 aliphatic rings. The van der Waals surface area contributed by atoms with Crippen molar-refractivity contribution in [2.75, 3.05) is 31.4 Å². The van der Waals surface area contributed by atoms with Gasteiger partial charge in [0.25, 0.3) is 5.91 Å². The first-order valence-corrected chi connectivity index (χ1v) is 16.2. The Kier molecular flexibility index (Phi) is 11.6. The van der Waals surface area contributed by atoms with Crippen LogP contribution in [-0.2, 0) is 20.8 Å². The molecular weight excluding hydrogens is 631 g/mol. The minimum absolute atomic E-state index is 0.0531. The smallest absolute Gasteiger partial charge is 0.348 e. The minimum atomic E-state index is -0.654. The van der Waals surface area contributed by atoms with E-state index in [4.69, 9.17) is 14.2 Å². The molecule has 242 valence electrons. The second-order valence-corrected chi connectivity index (χ2v) is 11.9. The lowest BCUT2D eigenvalue weighted by Gasteiger charge is -2.14. The fourth-order valence-corrected chi connectivity index (χ4v) is 6.31. The Balaban J connectivity index is 1.57. The summed E-state index contributed by atoms with van der Waals surface area (Å²) in [6, 6.07) is 12.7. The topological polar surface area (TPSA) is 151 Å². The van der Waals surface area contributed by atoms with E-state index in [0.29, 0.717) is 33.5 Å². The van der Waals surface area contributed by atoms with Crippen molar-refractivity contribution in [2.24, 2.45) is 0 Å². The molecule has 2 amide bonds. The standard InChI is InChI=1S/C32H35N5O7S2/c1-7-43-30(40)26-20(5)27(31(41)44-8-2)46-29(26)34-25(38)17-45-32-36-35-24(37(32)22-11-9-10-12-23(22)42-6)16-33-28(39)21-14-13-18(3)19(4)15-21/h9-15H,7-8,16-17H2,1-6H3,(H,33,39)(H,34,38). The average Bonchev–Trinajstić information content (AvgIpc) is 3.60. The van der Waals surface area contributed by atoms with Crippen molar-refractivity contribution in [1.82, 2.24) is 20.1 Å². The molecular formula is C32H35N5O7S2. The first kappa shape index (κ1) is 34.2. The number of nitrogens with one attached hydrogen (secondary N) is 2. The van der Waals surface area contributed by atoms with Gasteiger partial charge in [-0.2, -0.15) is 0 Å². The molecule has 46 heavy (non-hydrogen) atoms. The molecule has 0 saturated heterocycles. The van der Waals surface area contributed by atoms with E-state index >= 15 is 0 Å². The summed E-state index contributed by atoms with van der Waals surface area (Å²) < 4.78 is 17.6. The minimum Gasteiger partial charge on any atom is -0.495 e. The van der Waals surface area contributed by atoms with Crippen molar-refractivity contribution < 1.29 is 33.4 Å². The molecule has 0 aliphatic heterocycles. The van der Waals surface area contributed by atoms with Crippen LogP contribution >= 0.6 is 23.1 Å². The molecule has 0 radical (unpaired) electrons. The van der Waals surface area contributed by atoms with Gasteiger partial charge in [-0.05, 0) is 75.6 Å². The van der Waals surface area contributed by atoms with E-state index in [1.54, 1.807) is 44.6 Å². The van der Waals surface area contributed by atoms with Gasteiger partial charge in [-0.1, -0.05) is 30.0 Å². The van der Waals surface area contributed by atoms with Crippen LogP contribution in [0.3, 0.4) is 0 Å². The fraction of sp³-hybridized carbons (Fsp3) is 0.312. The molecule has 0 bridgehead atoms. The Morgan fingerprint density at radius 2 is 1.65 bits per heavy atom. The Labute approximate surface area is 274 Å². The predicted molar refractivity (Wildman–Crippen MR) is 175 cm³/mol. The van der Waals surface area contributed by atoms with Crippen LogP contribution in [0.4, 0.5) is 5.00 Å². The molecule has 2 heterocycles. The first-order chi connectivity index (χ1) is 22.1. The summed E-state index contributed by atoms with van der Waals surface area (Å²) in [6.45, 7) is 9.22. The number of methoxy groups -OCH3 is 1. The number of aromatic nitrogens is 3. The van der Waals surface area contributed by atoms with Crippen LogP contribution in [-0.4, -0.2) is 64.6 Å². The molecule has 14 heteroatoms. The lowest BCUT2D eigenvalue weighted by Crippen LogP contribution is -2.25. The van der Waals surface area contributed by atoms with Crippen LogP contribution in [0.2, 0.25) is 0 Å². The summed E-state index contributed by atoms with van der Waals surface area (Å²) >= 11 is 2.05. The van der Waals surface area contributed by atoms with Gasteiger partial charge in [0, 0.05) is 5.56 Å². The van der Waals surface area contributed by atoms with Crippen molar-refractivity contribution in [3.63, 3.8) is 0 Å². The van der Waals surface area contributed by atoms with Gasteiger partial charge in [0.15, 0.2) is 11.0 Å². The molecule has 2 N–H and O–H groups in total. The maximum absolute atomic E-state index is 13.2. The van der Waals surface area contributed by atoms with Gasteiger partial charge in [0.2, 0.25) is 5.91 Å². The molecule has 2 aromatic carbocycles. The number of anilines is 1. The van der Waals surface area contributed by atoms with Gasteiger partial charge in [0.05, 0.1) is 43.9 Å². The predicted octanol–water partition coefficient (Wildman–Crippen LogP) is 5.28. The van der Waals surface area contributed by atoms with Crippen molar-refractivity contribution in [2.45, 2.75) is 46.3 Å². The monoisotopic (exact) mass is 665 g/mol. The normalized spacial score (nSPS) is 10.7. The highest BCUT2D eigenvalue weighted by Gasteiger charge is 2.28. The largest absolute Gasteiger partial charge is 0.495 e. The van der Waals surface area contributed by atoms with Gasteiger partial charge in [-0.15, -0.1) is 21.5 Å². The van der Waals surface area contributed by atoms with Crippen LogP contribution in [0.25, 0.3) is 5.69 Å². The number of carbonyl (C=O) groups excluding carboxylic acids is 4. The van der Waals surface area contributed by atoms with Crippen LogP contribution in [0.5, 0.6) is 5.75 Å². The van der Waals surface area contributed by atoms with E-state index in [1.807, 2.05) is 44.2 Å². The molecule has 0 saturated carbocycles. The third-order valence-corrected chi connectivity index (χ3v) is 8.99. The van der Waals surface area contributed by atoms with Crippen LogP contribution in [0, 0.1) is 20.8 Å². The number of ether oxygens (including phenoxy) is 3.